The van der Waals surface area contributed by atoms with Gasteiger partial charge in [0.05, 0.1) is 16.4 Å². The third-order valence-electron chi connectivity index (χ3n) is 3.03. The molecular weight excluding hydrogens is 264 g/mol. The number of carbonyl (C=O) groups is 1. The number of aliphatic carboxylic acids is 1. The van der Waals surface area contributed by atoms with Crippen LogP contribution in [0.1, 0.15) is 26.3 Å². The van der Waals surface area contributed by atoms with Crippen molar-refractivity contribution in [1.29, 1.82) is 0 Å². The van der Waals surface area contributed by atoms with Crippen LogP contribution in [0, 0.1) is 5.92 Å². The summed E-state index contributed by atoms with van der Waals surface area (Å²) < 4.78 is 23.3. The third-order valence-corrected chi connectivity index (χ3v) is 5.74. The summed E-state index contributed by atoms with van der Waals surface area (Å²) in [6, 6.07) is 9.07. The van der Waals surface area contributed by atoms with Gasteiger partial charge >= 0.3 is 5.97 Å². The molecule has 0 aliphatic rings. The van der Waals surface area contributed by atoms with E-state index in [2.05, 4.69) is 0 Å². The fraction of sp³-hybridized carbons (Fsp3) is 0.500. The van der Waals surface area contributed by atoms with Crippen LogP contribution in [-0.2, 0) is 21.1 Å². The lowest BCUT2D eigenvalue weighted by atomic mass is 10.0. The Morgan fingerprint density at radius 1 is 1.21 bits per heavy atom. The Balaban J connectivity index is 2.90. The summed E-state index contributed by atoms with van der Waals surface area (Å²) in [4.78, 5) is 11.2. The van der Waals surface area contributed by atoms with E-state index in [1.165, 1.54) is 0 Å². The number of sulfone groups is 1. The van der Waals surface area contributed by atoms with Gasteiger partial charge in [-0.3, -0.25) is 4.79 Å². The van der Waals surface area contributed by atoms with Gasteiger partial charge in [0.2, 0.25) is 0 Å². The number of rotatable bonds is 5. The average Bonchev–Trinajstić information content (AvgIpc) is 2.27. The van der Waals surface area contributed by atoms with Crippen LogP contribution in [0.15, 0.2) is 30.3 Å². The average molecular weight is 284 g/mol. The Morgan fingerprint density at radius 3 is 2.16 bits per heavy atom. The van der Waals surface area contributed by atoms with Gasteiger partial charge in [-0.05, 0) is 32.8 Å². The lowest BCUT2D eigenvalue weighted by molar-refractivity contribution is -0.140. The summed E-state index contributed by atoms with van der Waals surface area (Å²) in [6.07, 6.45) is 0.228. The van der Waals surface area contributed by atoms with Crippen LogP contribution in [-0.4, -0.2) is 30.0 Å². The summed E-state index contributed by atoms with van der Waals surface area (Å²) in [5, 5.41) is 9.20. The van der Waals surface area contributed by atoms with Crippen LogP contribution in [0.4, 0.5) is 0 Å². The second-order valence-electron chi connectivity index (χ2n) is 5.62. The van der Waals surface area contributed by atoms with Gasteiger partial charge in [-0.15, -0.1) is 0 Å². The lowest BCUT2D eigenvalue weighted by Crippen LogP contribution is -2.36. The molecule has 0 aliphatic heterocycles. The second-order valence-corrected chi connectivity index (χ2v) is 8.41. The normalized spacial score (nSPS) is 14.1. The number of carboxylic acids is 1. The van der Waals surface area contributed by atoms with Crippen molar-refractivity contribution in [3.05, 3.63) is 35.9 Å². The van der Waals surface area contributed by atoms with Gasteiger partial charge in [-0.1, -0.05) is 30.3 Å². The van der Waals surface area contributed by atoms with Crippen molar-refractivity contribution in [2.75, 3.05) is 5.75 Å². The van der Waals surface area contributed by atoms with Crippen LogP contribution >= 0.6 is 0 Å². The maximum absolute atomic E-state index is 12.1. The minimum Gasteiger partial charge on any atom is -0.481 e. The van der Waals surface area contributed by atoms with E-state index in [9.17, 15) is 18.3 Å². The smallest absolute Gasteiger partial charge is 0.307 e. The standard InChI is InChI=1S/C14H20O4S/c1-14(2,3)19(17,18)10-12(13(15)16)9-11-7-5-4-6-8-11/h4-8,12H,9-10H2,1-3H3,(H,15,16). The molecule has 1 N–H and O–H groups in total. The van der Waals surface area contributed by atoms with Crippen LogP contribution < -0.4 is 0 Å². The van der Waals surface area contributed by atoms with Gasteiger partial charge in [0, 0.05) is 0 Å². The highest BCUT2D eigenvalue weighted by Gasteiger charge is 2.34. The van der Waals surface area contributed by atoms with Gasteiger partial charge in [-0.2, -0.15) is 0 Å². The number of benzene rings is 1. The summed E-state index contributed by atoms with van der Waals surface area (Å²) in [5.74, 6) is -2.32. The van der Waals surface area contributed by atoms with Crippen LogP contribution in [0.25, 0.3) is 0 Å². The van der Waals surface area contributed by atoms with Crippen molar-refractivity contribution in [2.24, 2.45) is 5.92 Å². The van der Waals surface area contributed by atoms with Crippen LogP contribution in [0.3, 0.4) is 0 Å². The molecule has 0 saturated heterocycles. The Hall–Kier alpha value is -1.36. The molecule has 106 valence electrons. The molecule has 4 nitrogen and oxygen atoms in total. The molecule has 1 aromatic rings. The summed E-state index contributed by atoms with van der Waals surface area (Å²) in [5.41, 5.74) is 0.832. The maximum Gasteiger partial charge on any atom is 0.307 e. The molecule has 0 bridgehead atoms. The molecule has 5 heteroatoms. The molecule has 0 heterocycles. The first kappa shape index (κ1) is 15.7. The molecule has 0 aliphatic carbocycles. The fourth-order valence-electron chi connectivity index (χ4n) is 1.63. The van der Waals surface area contributed by atoms with Gasteiger partial charge in [0.15, 0.2) is 9.84 Å². The first-order valence-electron chi connectivity index (χ1n) is 6.12. The first-order chi connectivity index (χ1) is 8.63. The van der Waals surface area contributed by atoms with Crippen molar-refractivity contribution >= 4 is 15.8 Å². The highest BCUT2D eigenvalue weighted by atomic mass is 32.2. The molecule has 1 atom stereocenters. The molecule has 1 aromatic carbocycles. The highest BCUT2D eigenvalue weighted by Crippen LogP contribution is 2.21. The summed E-state index contributed by atoms with van der Waals surface area (Å²) >= 11 is 0. The topological polar surface area (TPSA) is 71.4 Å². The molecule has 0 amide bonds. The maximum atomic E-state index is 12.1. The van der Waals surface area contributed by atoms with E-state index in [1.54, 1.807) is 32.9 Å². The SMILES string of the molecule is CC(C)(C)S(=O)(=O)CC(Cc1ccccc1)C(=O)O. The second kappa shape index (κ2) is 5.74. The molecule has 0 radical (unpaired) electrons. The summed E-state index contributed by atoms with van der Waals surface area (Å²) in [7, 11) is -3.44. The van der Waals surface area contributed by atoms with Crippen molar-refractivity contribution in [2.45, 2.75) is 31.9 Å². The number of hydrogen-bond donors (Lipinski definition) is 1. The molecule has 1 unspecified atom stereocenters. The quantitative estimate of drug-likeness (QED) is 0.899. The van der Waals surface area contributed by atoms with E-state index in [0.29, 0.717) is 0 Å². The molecule has 0 fully saturated rings. The van der Waals surface area contributed by atoms with Crippen LogP contribution in [0.5, 0.6) is 0 Å². The monoisotopic (exact) mass is 284 g/mol. The van der Waals surface area contributed by atoms with Crippen molar-refractivity contribution < 1.29 is 18.3 Å². The Bertz CT molecular complexity index is 526. The molecule has 0 saturated carbocycles. The van der Waals surface area contributed by atoms with Gasteiger partial charge in [0.25, 0.3) is 0 Å². The van der Waals surface area contributed by atoms with E-state index in [0.717, 1.165) is 5.56 Å². The third kappa shape index (κ3) is 4.35. The first-order valence-corrected chi connectivity index (χ1v) is 7.78. The zero-order valence-electron chi connectivity index (χ0n) is 11.5. The van der Waals surface area contributed by atoms with Gasteiger partial charge < -0.3 is 5.11 Å². The van der Waals surface area contributed by atoms with Gasteiger partial charge in [0.1, 0.15) is 0 Å². The van der Waals surface area contributed by atoms with E-state index >= 15 is 0 Å². The van der Waals surface area contributed by atoms with E-state index < -0.39 is 26.5 Å². The summed E-state index contributed by atoms with van der Waals surface area (Å²) in [6.45, 7) is 4.76. The molecule has 0 spiro atoms. The van der Waals surface area contributed by atoms with E-state index in [4.69, 9.17) is 0 Å². The highest BCUT2D eigenvalue weighted by molar-refractivity contribution is 7.92. The Morgan fingerprint density at radius 2 is 1.74 bits per heavy atom. The molecule has 19 heavy (non-hydrogen) atoms. The number of carboxylic acid groups (broad SMARTS) is 1. The molecular formula is C14H20O4S. The van der Waals surface area contributed by atoms with Crippen molar-refractivity contribution in [1.82, 2.24) is 0 Å². The fourth-order valence-corrected chi connectivity index (χ4v) is 2.92. The van der Waals surface area contributed by atoms with E-state index in [-0.39, 0.29) is 12.2 Å². The number of hydrogen-bond acceptors (Lipinski definition) is 3. The molecule has 1 rings (SSSR count). The largest absolute Gasteiger partial charge is 0.481 e. The minimum absolute atomic E-state index is 0.228. The predicted octanol–water partition coefficient (Wildman–Crippen LogP) is 2.14. The van der Waals surface area contributed by atoms with Crippen molar-refractivity contribution in [3.8, 4) is 0 Å². The zero-order valence-corrected chi connectivity index (χ0v) is 12.3. The Labute approximate surface area is 114 Å². The van der Waals surface area contributed by atoms with Crippen LogP contribution in [0.2, 0.25) is 0 Å². The van der Waals surface area contributed by atoms with E-state index in [1.807, 2.05) is 18.2 Å². The molecule has 0 aromatic heterocycles. The van der Waals surface area contributed by atoms with Gasteiger partial charge in [-0.25, -0.2) is 8.42 Å². The minimum atomic E-state index is -3.44. The van der Waals surface area contributed by atoms with Crippen molar-refractivity contribution in [3.63, 3.8) is 0 Å². The lowest BCUT2D eigenvalue weighted by Gasteiger charge is -2.22. The Kier molecular flexibility index (Phi) is 4.74. The predicted molar refractivity (Wildman–Crippen MR) is 74.8 cm³/mol. The zero-order chi connectivity index (χ0) is 14.7.